The van der Waals surface area contributed by atoms with Crippen LogP contribution in [0.5, 0.6) is 0 Å². The maximum Gasteiger partial charge on any atom is 0.267 e. The molecule has 0 saturated carbocycles. The Morgan fingerprint density at radius 1 is 1.14 bits per heavy atom. The van der Waals surface area contributed by atoms with E-state index >= 15 is 0 Å². The SMILES string of the molecule is CCC(c1nc2onc(C)c2c(=O)n1Cc1ccccc1)N(CCC(N)=O)C(=O)c1ccc(Cl)c(Cl)c1. The molecule has 4 aromatic rings. The Labute approximate surface area is 222 Å². The number of aromatic nitrogens is 3. The molecule has 1 atom stereocenters. The summed E-state index contributed by atoms with van der Waals surface area (Å²) in [4.78, 5) is 45.2. The first-order valence-electron chi connectivity index (χ1n) is 11.7. The van der Waals surface area contributed by atoms with E-state index in [-0.39, 0.29) is 46.8 Å². The standard InChI is InChI=1S/C26H25Cl2N5O4/c1-3-20(32(12-11-21(29)34)25(35)17-9-10-18(27)19(28)13-17)23-30-24-22(15(2)31-37-24)26(36)33(23)14-16-7-5-4-6-8-16/h4-10,13,20H,3,11-12,14H2,1-2H3,(H2,29,34). The topological polar surface area (TPSA) is 124 Å². The number of carbonyl (C=O) groups is 2. The van der Waals surface area contributed by atoms with Gasteiger partial charge in [0.15, 0.2) is 0 Å². The molecule has 11 heteroatoms. The van der Waals surface area contributed by atoms with E-state index < -0.39 is 17.9 Å². The number of hydrogen-bond acceptors (Lipinski definition) is 6. The summed E-state index contributed by atoms with van der Waals surface area (Å²) in [5, 5.41) is 4.71. The van der Waals surface area contributed by atoms with Gasteiger partial charge in [-0.15, -0.1) is 0 Å². The number of carbonyl (C=O) groups excluding carboxylic acids is 2. The smallest absolute Gasteiger partial charge is 0.267 e. The Hall–Kier alpha value is -3.69. The molecule has 2 aromatic carbocycles. The van der Waals surface area contributed by atoms with Gasteiger partial charge in [-0.2, -0.15) is 4.98 Å². The predicted molar refractivity (Wildman–Crippen MR) is 141 cm³/mol. The zero-order chi connectivity index (χ0) is 26.7. The van der Waals surface area contributed by atoms with Crippen molar-refractivity contribution in [3.05, 3.63) is 91.6 Å². The van der Waals surface area contributed by atoms with Crippen LogP contribution in [0.4, 0.5) is 0 Å². The van der Waals surface area contributed by atoms with Gasteiger partial charge in [-0.25, -0.2) is 0 Å². The van der Waals surface area contributed by atoms with Gasteiger partial charge in [0, 0.05) is 18.5 Å². The highest BCUT2D eigenvalue weighted by Gasteiger charge is 2.31. The largest absolute Gasteiger partial charge is 0.370 e. The highest BCUT2D eigenvalue weighted by Crippen LogP contribution is 2.29. The van der Waals surface area contributed by atoms with E-state index in [1.54, 1.807) is 13.0 Å². The second kappa shape index (κ2) is 11.1. The lowest BCUT2D eigenvalue weighted by Gasteiger charge is -2.32. The molecular weight excluding hydrogens is 517 g/mol. The Balaban J connectivity index is 1.88. The van der Waals surface area contributed by atoms with Crippen LogP contribution in [-0.4, -0.2) is 38.0 Å². The van der Waals surface area contributed by atoms with Gasteiger partial charge in [0.1, 0.15) is 11.2 Å². The van der Waals surface area contributed by atoms with Crippen molar-refractivity contribution in [2.24, 2.45) is 5.73 Å². The van der Waals surface area contributed by atoms with Crippen molar-refractivity contribution in [2.45, 2.75) is 39.3 Å². The second-order valence-corrected chi connectivity index (χ2v) is 9.38. The van der Waals surface area contributed by atoms with Crippen molar-refractivity contribution in [3.8, 4) is 0 Å². The first-order valence-corrected chi connectivity index (χ1v) is 12.4. The van der Waals surface area contributed by atoms with Crippen LogP contribution in [0.1, 0.15) is 53.2 Å². The third-order valence-electron chi connectivity index (χ3n) is 6.07. The maximum absolute atomic E-state index is 13.7. The van der Waals surface area contributed by atoms with E-state index in [0.29, 0.717) is 23.0 Å². The van der Waals surface area contributed by atoms with E-state index in [4.69, 9.17) is 33.5 Å². The number of rotatable bonds is 9. The van der Waals surface area contributed by atoms with E-state index in [2.05, 4.69) is 10.1 Å². The lowest BCUT2D eigenvalue weighted by atomic mass is 10.1. The fraction of sp³-hybridized carbons (Fsp3) is 0.269. The van der Waals surface area contributed by atoms with Crippen LogP contribution < -0.4 is 11.3 Å². The molecule has 192 valence electrons. The molecule has 0 bridgehead atoms. The molecule has 2 heterocycles. The minimum Gasteiger partial charge on any atom is -0.370 e. The molecule has 0 radical (unpaired) electrons. The molecule has 0 spiro atoms. The molecule has 37 heavy (non-hydrogen) atoms. The summed E-state index contributed by atoms with van der Waals surface area (Å²) >= 11 is 12.2. The number of hydrogen-bond donors (Lipinski definition) is 1. The fourth-order valence-electron chi connectivity index (χ4n) is 4.22. The van der Waals surface area contributed by atoms with Crippen molar-refractivity contribution in [2.75, 3.05) is 6.54 Å². The van der Waals surface area contributed by atoms with Crippen molar-refractivity contribution >= 4 is 46.1 Å². The summed E-state index contributed by atoms with van der Waals surface area (Å²) in [5.74, 6) is -0.684. The minimum absolute atomic E-state index is 0.00158. The van der Waals surface area contributed by atoms with Gasteiger partial charge in [0.05, 0.1) is 28.3 Å². The third kappa shape index (κ3) is 5.52. The number of aryl methyl sites for hydroxylation is 1. The highest BCUT2D eigenvalue weighted by molar-refractivity contribution is 6.42. The molecule has 0 saturated heterocycles. The number of benzene rings is 2. The Kier molecular flexibility index (Phi) is 7.94. The maximum atomic E-state index is 13.7. The molecular formula is C26H25Cl2N5O4. The van der Waals surface area contributed by atoms with Crippen molar-refractivity contribution in [1.29, 1.82) is 0 Å². The van der Waals surface area contributed by atoms with Gasteiger partial charge in [-0.3, -0.25) is 19.0 Å². The fourth-order valence-corrected chi connectivity index (χ4v) is 4.52. The summed E-state index contributed by atoms with van der Waals surface area (Å²) < 4.78 is 6.86. The Morgan fingerprint density at radius 2 is 1.86 bits per heavy atom. The van der Waals surface area contributed by atoms with Crippen molar-refractivity contribution < 1.29 is 14.1 Å². The third-order valence-corrected chi connectivity index (χ3v) is 6.81. The van der Waals surface area contributed by atoms with Crippen LogP contribution in [0.25, 0.3) is 11.1 Å². The van der Waals surface area contributed by atoms with Crippen LogP contribution >= 0.6 is 23.2 Å². The molecule has 0 aliphatic rings. The lowest BCUT2D eigenvalue weighted by molar-refractivity contribution is -0.118. The Bertz CT molecular complexity index is 1520. The van der Waals surface area contributed by atoms with E-state index in [1.165, 1.54) is 21.6 Å². The number of primary amides is 1. The van der Waals surface area contributed by atoms with Gasteiger partial charge >= 0.3 is 0 Å². The Morgan fingerprint density at radius 3 is 2.51 bits per heavy atom. The molecule has 9 nitrogen and oxygen atoms in total. The second-order valence-electron chi connectivity index (χ2n) is 8.56. The van der Waals surface area contributed by atoms with Gasteiger partial charge in [-0.1, -0.05) is 65.6 Å². The number of nitrogens with zero attached hydrogens (tertiary/aromatic N) is 4. The minimum atomic E-state index is -0.701. The molecule has 0 aliphatic heterocycles. The van der Waals surface area contributed by atoms with E-state index in [0.717, 1.165) is 5.56 Å². The van der Waals surface area contributed by atoms with Gasteiger partial charge < -0.3 is 15.2 Å². The summed E-state index contributed by atoms with van der Waals surface area (Å²) in [6, 6.07) is 13.3. The number of nitrogens with two attached hydrogens (primary N) is 1. The number of halogens is 2. The quantitative estimate of drug-likeness (QED) is 0.332. The molecule has 2 amide bonds. The van der Waals surface area contributed by atoms with Gasteiger partial charge in [-0.05, 0) is 37.1 Å². The first kappa shape index (κ1) is 26.4. The molecule has 2 N–H and O–H groups in total. The van der Waals surface area contributed by atoms with Gasteiger partial charge in [0.2, 0.25) is 5.91 Å². The predicted octanol–water partition coefficient (Wildman–Crippen LogP) is 4.52. The molecule has 0 fully saturated rings. The number of amides is 2. The van der Waals surface area contributed by atoms with E-state index in [1.807, 2.05) is 37.3 Å². The molecule has 1 unspecified atom stereocenters. The van der Waals surface area contributed by atoms with Crippen molar-refractivity contribution in [1.82, 2.24) is 19.6 Å². The molecule has 4 rings (SSSR count). The molecule has 0 aliphatic carbocycles. The van der Waals surface area contributed by atoms with Crippen LogP contribution in [0.15, 0.2) is 57.8 Å². The van der Waals surface area contributed by atoms with Crippen LogP contribution in [0.2, 0.25) is 10.0 Å². The zero-order valence-electron chi connectivity index (χ0n) is 20.3. The highest BCUT2D eigenvalue weighted by atomic mass is 35.5. The summed E-state index contributed by atoms with van der Waals surface area (Å²) in [6.45, 7) is 3.75. The van der Waals surface area contributed by atoms with Crippen LogP contribution in [0.3, 0.4) is 0 Å². The summed E-state index contributed by atoms with van der Waals surface area (Å²) in [7, 11) is 0. The van der Waals surface area contributed by atoms with Crippen LogP contribution in [0, 0.1) is 6.92 Å². The van der Waals surface area contributed by atoms with E-state index in [9.17, 15) is 14.4 Å². The average Bonchev–Trinajstić information content (AvgIpc) is 3.26. The first-order chi connectivity index (χ1) is 17.7. The normalized spacial score (nSPS) is 12.0. The van der Waals surface area contributed by atoms with Gasteiger partial charge in [0.25, 0.3) is 17.2 Å². The monoisotopic (exact) mass is 541 g/mol. The molecule has 2 aromatic heterocycles. The summed E-state index contributed by atoms with van der Waals surface area (Å²) in [5.41, 5.74) is 6.74. The van der Waals surface area contributed by atoms with Crippen molar-refractivity contribution in [3.63, 3.8) is 0 Å². The van der Waals surface area contributed by atoms with Crippen LogP contribution in [-0.2, 0) is 11.3 Å². The lowest BCUT2D eigenvalue weighted by Crippen LogP contribution is -2.40. The zero-order valence-corrected chi connectivity index (χ0v) is 21.8. The summed E-state index contributed by atoms with van der Waals surface area (Å²) in [6.07, 6.45) is 0.293. The number of fused-ring (bicyclic) bond motifs is 1. The average molecular weight is 542 g/mol.